The van der Waals surface area contributed by atoms with Crippen molar-refractivity contribution in [2.24, 2.45) is 13.0 Å². The second-order valence-corrected chi connectivity index (χ2v) is 7.45. The molecule has 0 spiro atoms. The molecule has 1 aliphatic carbocycles. The Morgan fingerprint density at radius 3 is 2.81 bits per heavy atom. The van der Waals surface area contributed by atoms with Crippen LogP contribution >= 0.6 is 0 Å². The van der Waals surface area contributed by atoms with Crippen LogP contribution in [0.25, 0.3) is 11.5 Å². The Morgan fingerprint density at radius 2 is 2.04 bits per heavy atom. The smallest absolute Gasteiger partial charge is 0.225 e. The molecular formula is C20H22N6O. The van der Waals surface area contributed by atoms with E-state index in [1.54, 1.807) is 6.33 Å². The lowest BCUT2D eigenvalue weighted by atomic mass is 10.0. The van der Waals surface area contributed by atoms with E-state index in [0.29, 0.717) is 19.0 Å². The van der Waals surface area contributed by atoms with Crippen LogP contribution in [-0.4, -0.2) is 41.9 Å². The van der Waals surface area contributed by atoms with Gasteiger partial charge in [0.15, 0.2) is 5.82 Å². The van der Waals surface area contributed by atoms with Gasteiger partial charge in [-0.3, -0.25) is 9.48 Å². The van der Waals surface area contributed by atoms with Gasteiger partial charge < -0.3 is 9.47 Å². The molecular weight excluding hydrogens is 340 g/mol. The lowest BCUT2D eigenvalue weighted by molar-refractivity contribution is -0.133. The molecule has 1 aromatic carbocycles. The van der Waals surface area contributed by atoms with Crippen molar-refractivity contribution in [3.8, 4) is 11.5 Å². The monoisotopic (exact) mass is 362 g/mol. The van der Waals surface area contributed by atoms with E-state index in [9.17, 15) is 4.79 Å². The molecule has 7 heteroatoms. The van der Waals surface area contributed by atoms with Gasteiger partial charge in [0.2, 0.25) is 5.91 Å². The third kappa shape index (κ3) is 2.93. The molecule has 5 rings (SSSR count). The highest BCUT2D eigenvalue weighted by molar-refractivity contribution is 5.81. The zero-order valence-corrected chi connectivity index (χ0v) is 15.4. The molecule has 1 saturated carbocycles. The summed E-state index contributed by atoms with van der Waals surface area (Å²) < 4.78 is 3.96. The topological polar surface area (TPSA) is 68.8 Å². The van der Waals surface area contributed by atoms with Crippen molar-refractivity contribution in [2.45, 2.75) is 32.4 Å². The zero-order valence-electron chi connectivity index (χ0n) is 15.4. The van der Waals surface area contributed by atoms with E-state index >= 15 is 0 Å². The molecule has 0 N–H and O–H groups in total. The highest BCUT2D eigenvalue weighted by Crippen LogP contribution is 2.34. The lowest BCUT2D eigenvalue weighted by Gasteiger charge is -2.27. The van der Waals surface area contributed by atoms with Gasteiger partial charge in [0, 0.05) is 43.7 Å². The van der Waals surface area contributed by atoms with Crippen LogP contribution in [0, 0.1) is 5.92 Å². The number of amides is 1. The molecule has 0 radical (unpaired) electrons. The van der Waals surface area contributed by atoms with E-state index in [2.05, 4.69) is 22.3 Å². The quantitative estimate of drug-likeness (QED) is 0.712. The summed E-state index contributed by atoms with van der Waals surface area (Å²) in [5.41, 5.74) is 4.34. The van der Waals surface area contributed by atoms with Crippen molar-refractivity contribution >= 4 is 5.91 Å². The maximum atomic E-state index is 12.5. The van der Waals surface area contributed by atoms with Crippen LogP contribution in [-0.2, 0) is 31.4 Å². The van der Waals surface area contributed by atoms with E-state index in [-0.39, 0.29) is 5.92 Å². The lowest BCUT2D eigenvalue weighted by Crippen LogP contribution is -2.37. The van der Waals surface area contributed by atoms with Gasteiger partial charge in [-0.2, -0.15) is 5.10 Å². The van der Waals surface area contributed by atoms with Crippen molar-refractivity contribution in [1.82, 2.24) is 29.4 Å². The highest BCUT2D eigenvalue weighted by atomic mass is 16.2. The Bertz CT molecular complexity index is 985. The summed E-state index contributed by atoms with van der Waals surface area (Å²) in [7, 11) is 1.97. The van der Waals surface area contributed by atoms with Crippen LogP contribution in [0.4, 0.5) is 0 Å². The van der Waals surface area contributed by atoms with E-state index in [1.165, 1.54) is 11.3 Å². The minimum absolute atomic E-state index is 0.244. The standard InChI is InChI=1S/C20H22N6O/c1-24-17-9-10-25(20(27)15-7-8-15)12-16(17)18(23-24)19-22-21-13-26(19)11-14-5-3-2-4-6-14/h2-6,13,15H,7-12H2,1H3. The Morgan fingerprint density at radius 1 is 1.22 bits per heavy atom. The summed E-state index contributed by atoms with van der Waals surface area (Å²) in [6, 6.07) is 10.3. The van der Waals surface area contributed by atoms with Crippen LogP contribution in [0.5, 0.6) is 0 Å². The number of aromatic nitrogens is 5. The Balaban J connectivity index is 1.49. The largest absolute Gasteiger partial charge is 0.338 e. The molecule has 0 bridgehead atoms. The van der Waals surface area contributed by atoms with Crippen LogP contribution < -0.4 is 0 Å². The highest BCUT2D eigenvalue weighted by Gasteiger charge is 2.36. The maximum absolute atomic E-state index is 12.5. The van der Waals surface area contributed by atoms with E-state index in [0.717, 1.165) is 42.9 Å². The van der Waals surface area contributed by atoms with Crippen molar-refractivity contribution in [3.05, 3.63) is 53.5 Å². The summed E-state index contributed by atoms with van der Waals surface area (Å²) in [5, 5.41) is 13.2. The fraction of sp³-hybridized carbons (Fsp3) is 0.400. The first kappa shape index (κ1) is 16.2. The van der Waals surface area contributed by atoms with Gasteiger partial charge in [-0.25, -0.2) is 0 Å². The molecule has 27 heavy (non-hydrogen) atoms. The van der Waals surface area contributed by atoms with Gasteiger partial charge in [0.25, 0.3) is 0 Å². The number of nitrogens with zero attached hydrogens (tertiary/aromatic N) is 6. The molecule has 2 aliphatic rings. The number of hydrogen-bond donors (Lipinski definition) is 0. The molecule has 0 saturated heterocycles. The predicted octanol–water partition coefficient (Wildman–Crippen LogP) is 2.02. The van der Waals surface area contributed by atoms with Crippen LogP contribution in [0.1, 0.15) is 29.7 Å². The molecule has 1 fully saturated rings. The van der Waals surface area contributed by atoms with E-state index in [1.807, 2.05) is 39.4 Å². The maximum Gasteiger partial charge on any atom is 0.225 e. The van der Waals surface area contributed by atoms with Crippen molar-refractivity contribution in [1.29, 1.82) is 0 Å². The number of carbonyl (C=O) groups excluding carboxylic acids is 1. The van der Waals surface area contributed by atoms with Gasteiger partial charge >= 0.3 is 0 Å². The summed E-state index contributed by atoms with van der Waals surface area (Å²) in [6.07, 6.45) is 4.66. The predicted molar refractivity (Wildman–Crippen MR) is 99.6 cm³/mol. The summed E-state index contributed by atoms with van der Waals surface area (Å²) in [4.78, 5) is 14.5. The first-order valence-corrected chi connectivity index (χ1v) is 9.46. The van der Waals surface area contributed by atoms with Gasteiger partial charge in [0.1, 0.15) is 12.0 Å². The van der Waals surface area contributed by atoms with Crippen LogP contribution in [0.15, 0.2) is 36.7 Å². The third-order valence-corrected chi connectivity index (χ3v) is 5.50. The summed E-state index contributed by atoms with van der Waals surface area (Å²) in [5.74, 6) is 1.30. The Kier molecular flexibility index (Phi) is 3.81. The van der Waals surface area contributed by atoms with Gasteiger partial charge in [-0.1, -0.05) is 30.3 Å². The second-order valence-electron chi connectivity index (χ2n) is 7.45. The van der Waals surface area contributed by atoms with Gasteiger partial charge in [-0.15, -0.1) is 10.2 Å². The zero-order chi connectivity index (χ0) is 18.4. The molecule has 138 valence electrons. The minimum atomic E-state index is 0.244. The summed E-state index contributed by atoms with van der Waals surface area (Å²) in [6.45, 7) is 2.09. The number of fused-ring (bicyclic) bond motifs is 1. The SMILES string of the molecule is Cn1nc(-c2nncn2Cc2ccccc2)c2c1CCN(C(=O)C1CC1)C2. The minimum Gasteiger partial charge on any atom is -0.338 e. The van der Waals surface area contributed by atoms with E-state index < -0.39 is 0 Å². The average molecular weight is 362 g/mol. The molecule has 7 nitrogen and oxygen atoms in total. The first-order valence-electron chi connectivity index (χ1n) is 9.46. The summed E-state index contributed by atoms with van der Waals surface area (Å²) >= 11 is 0. The molecule has 3 aromatic rings. The first-order chi connectivity index (χ1) is 13.2. The van der Waals surface area contributed by atoms with E-state index in [4.69, 9.17) is 5.10 Å². The molecule has 2 aromatic heterocycles. The van der Waals surface area contributed by atoms with Gasteiger partial charge in [0.05, 0.1) is 6.54 Å². The molecule has 1 amide bonds. The molecule has 0 atom stereocenters. The third-order valence-electron chi connectivity index (χ3n) is 5.50. The van der Waals surface area contributed by atoms with Crippen molar-refractivity contribution < 1.29 is 4.79 Å². The van der Waals surface area contributed by atoms with Crippen LogP contribution in [0.3, 0.4) is 0 Å². The average Bonchev–Trinajstić information content (AvgIpc) is 3.37. The molecule has 3 heterocycles. The molecule has 0 unspecified atom stereocenters. The van der Waals surface area contributed by atoms with Gasteiger partial charge in [-0.05, 0) is 18.4 Å². The number of benzene rings is 1. The number of carbonyl (C=O) groups is 1. The Labute approximate surface area is 157 Å². The number of hydrogen-bond acceptors (Lipinski definition) is 4. The normalized spacial score (nSPS) is 16.4. The number of rotatable bonds is 4. The fourth-order valence-corrected chi connectivity index (χ4v) is 3.88. The van der Waals surface area contributed by atoms with Crippen LogP contribution in [0.2, 0.25) is 0 Å². The number of aryl methyl sites for hydroxylation is 1. The fourth-order valence-electron chi connectivity index (χ4n) is 3.88. The molecule has 1 aliphatic heterocycles. The van der Waals surface area contributed by atoms with Crippen molar-refractivity contribution in [3.63, 3.8) is 0 Å². The van der Waals surface area contributed by atoms with Crippen molar-refractivity contribution in [2.75, 3.05) is 6.54 Å². The second kappa shape index (κ2) is 6.33. The Hall–Kier alpha value is -2.96.